The summed E-state index contributed by atoms with van der Waals surface area (Å²) in [6.07, 6.45) is 0.151. The van der Waals surface area contributed by atoms with Crippen molar-refractivity contribution in [2.24, 2.45) is 0 Å². The Bertz CT molecular complexity index is 733. The molecule has 1 amide bonds. The SMILES string of the molecule is CC(C)Oc1ccc(-c2nc(C(=O)N3CCNC(C)C3C)cs2)cc1.Cl. The molecule has 1 saturated heterocycles. The molecule has 0 saturated carbocycles. The highest BCUT2D eigenvalue weighted by atomic mass is 35.5. The van der Waals surface area contributed by atoms with Crippen molar-refractivity contribution in [3.8, 4) is 16.3 Å². The van der Waals surface area contributed by atoms with Gasteiger partial charge in [-0.3, -0.25) is 4.79 Å². The number of aromatic nitrogens is 1. The van der Waals surface area contributed by atoms with Crippen LogP contribution >= 0.6 is 23.7 Å². The monoisotopic (exact) mass is 395 g/mol. The number of carbonyl (C=O) groups is 1. The molecule has 142 valence electrons. The fraction of sp³-hybridized carbons (Fsp3) is 0.474. The summed E-state index contributed by atoms with van der Waals surface area (Å²) in [5, 5.41) is 6.11. The number of nitrogens with zero attached hydrogens (tertiary/aromatic N) is 2. The lowest BCUT2D eigenvalue weighted by atomic mass is 10.1. The number of carbonyl (C=O) groups excluding carboxylic acids is 1. The number of amides is 1. The van der Waals surface area contributed by atoms with Gasteiger partial charge >= 0.3 is 0 Å². The van der Waals surface area contributed by atoms with E-state index in [1.807, 2.05) is 48.4 Å². The van der Waals surface area contributed by atoms with Gasteiger partial charge in [0.05, 0.1) is 6.10 Å². The van der Waals surface area contributed by atoms with Crippen LogP contribution < -0.4 is 10.1 Å². The number of hydrogen-bond acceptors (Lipinski definition) is 5. The third-order valence-corrected chi connectivity index (χ3v) is 5.38. The molecular formula is C19H26ClN3O2S. The van der Waals surface area contributed by atoms with Crippen LogP contribution in [0.1, 0.15) is 38.2 Å². The van der Waals surface area contributed by atoms with Crippen LogP contribution in [-0.4, -0.2) is 47.1 Å². The molecule has 0 aliphatic carbocycles. The number of nitrogens with one attached hydrogen (secondary N) is 1. The molecule has 1 aromatic heterocycles. The molecule has 0 spiro atoms. The van der Waals surface area contributed by atoms with Gasteiger partial charge in [-0.15, -0.1) is 23.7 Å². The Labute approximate surface area is 165 Å². The third-order valence-electron chi connectivity index (χ3n) is 4.49. The van der Waals surface area contributed by atoms with Crippen LogP contribution in [0.15, 0.2) is 29.6 Å². The van der Waals surface area contributed by atoms with Crippen molar-refractivity contribution < 1.29 is 9.53 Å². The molecule has 2 atom stereocenters. The first-order valence-corrected chi connectivity index (χ1v) is 9.60. The van der Waals surface area contributed by atoms with E-state index in [9.17, 15) is 4.79 Å². The molecule has 0 bridgehead atoms. The predicted octanol–water partition coefficient (Wildman–Crippen LogP) is 3.84. The molecule has 1 N–H and O–H groups in total. The quantitative estimate of drug-likeness (QED) is 0.854. The van der Waals surface area contributed by atoms with Gasteiger partial charge in [0, 0.05) is 36.1 Å². The number of hydrogen-bond donors (Lipinski definition) is 1. The number of rotatable bonds is 4. The molecule has 1 aliphatic rings. The van der Waals surface area contributed by atoms with Crippen LogP contribution in [0.4, 0.5) is 0 Å². The number of piperazine rings is 1. The van der Waals surface area contributed by atoms with Crippen molar-refractivity contribution in [2.45, 2.75) is 45.9 Å². The second-order valence-electron chi connectivity index (χ2n) is 6.71. The van der Waals surface area contributed by atoms with E-state index in [0.717, 1.165) is 29.4 Å². The predicted molar refractivity (Wildman–Crippen MR) is 109 cm³/mol. The topological polar surface area (TPSA) is 54.5 Å². The molecule has 7 heteroatoms. The maximum absolute atomic E-state index is 12.8. The zero-order chi connectivity index (χ0) is 18.0. The van der Waals surface area contributed by atoms with Crippen LogP contribution in [0.5, 0.6) is 5.75 Å². The zero-order valence-electron chi connectivity index (χ0n) is 15.6. The molecule has 2 aromatic rings. The fourth-order valence-electron chi connectivity index (χ4n) is 2.94. The lowest BCUT2D eigenvalue weighted by Gasteiger charge is -2.38. The smallest absolute Gasteiger partial charge is 0.273 e. The van der Waals surface area contributed by atoms with E-state index in [4.69, 9.17) is 4.74 Å². The normalized spacial score (nSPS) is 20.0. The summed E-state index contributed by atoms with van der Waals surface area (Å²) >= 11 is 1.50. The molecule has 2 heterocycles. The summed E-state index contributed by atoms with van der Waals surface area (Å²) in [6, 6.07) is 8.32. The van der Waals surface area contributed by atoms with Crippen LogP contribution in [0.2, 0.25) is 0 Å². The minimum absolute atomic E-state index is 0. The van der Waals surface area contributed by atoms with Gasteiger partial charge in [0.25, 0.3) is 5.91 Å². The minimum atomic E-state index is 0. The van der Waals surface area contributed by atoms with Gasteiger partial charge in [-0.1, -0.05) is 0 Å². The second-order valence-corrected chi connectivity index (χ2v) is 7.57. The Kier molecular flexibility index (Phi) is 7.03. The zero-order valence-corrected chi connectivity index (χ0v) is 17.2. The van der Waals surface area contributed by atoms with Crippen LogP contribution in [0, 0.1) is 0 Å². The average Bonchev–Trinajstić information content (AvgIpc) is 3.07. The van der Waals surface area contributed by atoms with E-state index < -0.39 is 0 Å². The molecule has 2 unspecified atom stereocenters. The summed E-state index contributed by atoms with van der Waals surface area (Å²) in [7, 11) is 0. The first-order valence-electron chi connectivity index (χ1n) is 8.72. The molecule has 1 aliphatic heterocycles. The van der Waals surface area contributed by atoms with E-state index in [1.165, 1.54) is 11.3 Å². The highest BCUT2D eigenvalue weighted by Gasteiger charge is 2.29. The Hall–Kier alpha value is -1.63. The molecule has 1 fully saturated rings. The van der Waals surface area contributed by atoms with Gasteiger partial charge in [0.1, 0.15) is 16.5 Å². The van der Waals surface area contributed by atoms with Gasteiger partial charge < -0.3 is 15.0 Å². The standard InChI is InChI=1S/C19H25N3O2S.ClH/c1-12(2)24-16-7-5-15(6-8-16)18-21-17(11-25-18)19(23)22-10-9-20-13(3)14(22)4;/h5-8,11-14,20H,9-10H2,1-4H3;1H. The Morgan fingerprint density at radius 3 is 2.65 bits per heavy atom. The van der Waals surface area contributed by atoms with E-state index in [0.29, 0.717) is 11.7 Å². The summed E-state index contributed by atoms with van der Waals surface area (Å²) in [5.74, 6) is 0.860. The average molecular weight is 396 g/mol. The van der Waals surface area contributed by atoms with Crippen molar-refractivity contribution in [1.29, 1.82) is 0 Å². The van der Waals surface area contributed by atoms with Gasteiger partial charge in [-0.05, 0) is 52.0 Å². The fourth-order valence-corrected chi connectivity index (χ4v) is 3.74. The molecule has 3 rings (SSSR count). The van der Waals surface area contributed by atoms with E-state index in [-0.39, 0.29) is 30.5 Å². The molecule has 0 radical (unpaired) electrons. The largest absolute Gasteiger partial charge is 0.491 e. The lowest BCUT2D eigenvalue weighted by Crippen LogP contribution is -2.57. The van der Waals surface area contributed by atoms with Gasteiger partial charge in [0.15, 0.2) is 0 Å². The highest BCUT2D eigenvalue weighted by molar-refractivity contribution is 7.13. The maximum atomic E-state index is 12.8. The van der Waals surface area contributed by atoms with Gasteiger partial charge in [0.2, 0.25) is 0 Å². The maximum Gasteiger partial charge on any atom is 0.273 e. The van der Waals surface area contributed by atoms with Crippen molar-refractivity contribution in [3.05, 3.63) is 35.3 Å². The summed E-state index contributed by atoms with van der Waals surface area (Å²) in [6.45, 7) is 9.74. The summed E-state index contributed by atoms with van der Waals surface area (Å²) < 4.78 is 5.67. The van der Waals surface area contributed by atoms with Crippen LogP contribution in [0.25, 0.3) is 10.6 Å². The molecule has 1 aromatic carbocycles. The van der Waals surface area contributed by atoms with Crippen molar-refractivity contribution in [1.82, 2.24) is 15.2 Å². The molecular weight excluding hydrogens is 370 g/mol. The molecule has 26 heavy (non-hydrogen) atoms. The first kappa shape index (κ1) is 20.7. The molecule has 5 nitrogen and oxygen atoms in total. The number of ether oxygens (including phenoxy) is 1. The highest BCUT2D eigenvalue weighted by Crippen LogP contribution is 2.27. The second kappa shape index (κ2) is 8.84. The van der Waals surface area contributed by atoms with E-state index in [1.54, 1.807) is 0 Å². The Balaban J connectivity index is 0.00000243. The van der Waals surface area contributed by atoms with E-state index in [2.05, 4.69) is 24.1 Å². The summed E-state index contributed by atoms with van der Waals surface area (Å²) in [5.41, 5.74) is 1.53. The summed E-state index contributed by atoms with van der Waals surface area (Å²) in [4.78, 5) is 19.3. The Morgan fingerprint density at radius 2 is 2.00 bits per heavy atom. The number of halogens is 1. The minimum Gasteiger partial charge on any atom is -0.491 e. The first-order chi connectivity index (χ1) is 12.0. The number of benzene rings is 1. The van der Waals surface area contributed by atoms with Crippen molar-refractivity contribution in [2.75, 3.05) is 13.1 Å². The van der Waals surface area contributed by atoms with Crippen LogP contribution in [0.3, 0.4) is 0 Å². The van der Waals surface area contributed by atoms with Gasteiger partial charge in [-0.2, -0.15) is 0 Å². The lowest BCUT2D eigenvalue weighted by molar-refractivity contribution is 0.0598. The van der Waals surface area contributed by atoms with Crippen molar-refractivity contribution >= 4 is 29.7 Å². The van der Waals surface area contributed by atoms with Crippen molar-refractivity contribution in [3.63, 3.8) is 0 Å². The van der Waals surface area contributed by atoms with Crippen LogP contribution in [-0.2, 0) is 0 Å². The number of thiazole rings is 1. The van der Waals surface area contributed by atoms with Gasteiger partial charge in [-0.25, -0.2) is 4.98 Å². The Morgan fingerprint density at radius 1 is 1.31 bits per heavy atom. The van der Waals surface area contributed by atoms with E-state index >= 15 is 0 Å². The third kappa shape index (κ3) is 4.55.